The standard InChI is InChI=1S/C22H26N2O4.C20H26N2O4.C8H6O3.C6H14N2.CH4B/c1-2-4-18(24-12-16-6-8-20-22(10-16)28-14-26-20)17(3-1)23-11-15-5-7-19-21(9-15)27-13-25-19;23-17-7-5-13(9-19(17)25)11-21-15-3-1-2-4-16(15)22-12-14-6-8-18(24)20(26)10-14;9-4-6-1-2-7-8(3-6)11-5-10-7;7-5-3-1-2-4-6(5)8;1-2/h5-10,17-18,23-24H,1-4,11-14H2;5-10,15-16,21-26H,1-4,11-12H2;1-4H,5H2;5-6H,1-4,7-8H2;1-2H2/q;;;;-1/t17-,18-;15-,16-;;5-,6-;/m11.1./s1/i;;;;1D,2+1. The van der Waals surface area contributed by atoms with Gasteiger partial charge in [-0.2, -0.15) is 0 Å². The number of hydrogen-bond donors (Lipinski definition) is 10. The first kappa shape index (κ1) is 54.8. The van der Waals surface area contributed by atoms with Crippen molar-refractivity contribution in [3.63, 3.8) is 0 Å². The van der Waals surface area contributed by atoms with E-state index in [0.29, 0.717) is 67.9 Å². The Kier molecular flexibility index (Phi) is 21.2. The van der Waals surface area contributed by atoms with Crippen molar-refractivity contribution in [3.8, 4) is 57.5 Å². The largest absolute Gasteiger partial charge is 0.504 e. The molecule has 18 heteroatoms. The van der Waals surface area contributed by atoms with Crippen molar-refractivity contribution in [2.24, 2.45) is 11.5 Å². The zero-order valence-corrected chi connectivity index (χ0v) is 43.0. The van der Waals surface area contributed by atoms with E-state index in [1.54, 1.807) is 50.3 Å². The van der Waals surface area contributed by atoms with Gasteiger partial charge in [0.25, 0.3) is 0 Å². The summed E-state index contributed by atoms with van der Waals surface area (Å²) in [4.78, 5) is 10.3. The highest BCUT2D eigenvalue weighted by Crippen LogP contribution is 2.35. The summed E-state index contributed by atoms with van der Waals surface area (Å²) in [6, 6.07) is 29.3. The maximum absolute atomic E-state index is 10.3. The quantitative estimate of drug-likeness (QED) is 0.0249. The van der Waals surface area contributed by atoms with Gasteiger partial charge in [-0.1, -0.05) is 70.6 Å². The summed E-state index contributed by atoms with van der Waals surface area (Å²) in [6.07, 6.45) is 15.0. The zero-order valence-electron chi connectivity index (χ0n) is 44.0. The topological polar surface area (TPSA) is 254 Å². The molecular formula is C57H76BN6O11-. The third-order valence-electron chi connectivity index (χ3n) is 14.2. The molecule has 6 atom stereocenters. The summed E-state index contributed by atoms with van der Waals surface area (Å²) in [5.41, 5.74) is 16.2. The molecule has 5 aromatic carbocycles. The van der Waals surface area contributed by atoms with Crippen molar-refractivity contribution < 1.29 is 55.0 Å². The molecule has 0 spiro atoms. The minimum absolute atomic E-state index is 0.102. The summed E-state index contributed by atoms with van der Waals surface area (Å²) in [5.74, 6) is 4.30. The van der Waals surface area contributed by atoms with E-state index < -0.39 is 0 Å². The van der Waals surface area contributed by atoms with E-state index in [1.807, 2.05) is 12.1 Å². The Bertz CT molecular complexity index is 2460. The molecule has 0 bridgehead atoms. The molecular weight excluding hydrogens is 957 g/mol. The van der Waals surface area contributed by atoms with Crippen LogP contribution >= 0.6 is 0 Å². The number of rotatable bonds is 13. The van der Waals surface area contributed by atoms with Crippen LogP contribution in [-0.4, -0.2) is 91.2 Å². The minimum Gasteiger partial charge on any atom is -0.504 e. The van der Waals surface area contributed by atoms with E-state index >= 15 is 0 Å². The fourth-order valence-electron chi connectivity index (χ4n) is 9.87. The number of phenolic OH excluding ortho intramolecular Hbond substituents is 4. The summed E-state index contributed by atoms with van der Waals surface area (Å²) in [6.45, 7) is 5.05. The maximum Gasteiger partial charge on any atom is 0.231 e. The van der Waals surface area contributed by atoms with Crippen molar-refractivity contribution in [2.45, 2.75) is 139 Å². The number of nitrogens with one attached hydrogen (secondary N) is 4. The number of aldehydes is 1. The summed E-state index contributed by atoms with van der Waals surface area (Å²) >= 11 is 0. The third-order valence-corrected chi connectivity index (χ3v) is 14.2. The number of carbonyl (C=O) groups is 1. The lowest BCUT2D eigenvalue weighted by molar-refractivity contribution is 0.112. The second kappa shape index (κ2) is 29.0. The molecule has 3 saturated carbocycles. The smallest absolute Gasteiger partial charge is 0.231 e. The van der Waals surface area contributed by atoms with E-state index in [9.17, 15) is 25.2 Å². The van der Waals surface area contributed by atoms with Crippen LogP contribution in [0.5, 0.6) is 57.5 Å². The molecule has 3 aliphatic carbocycles. The van der Waals surface area contributed by atoms with Crippen molar-refractivity contribution in [3.05, 3.63) is 126 Å². The molecule has 0 amide bonds. The molecule has 6 aliphatic rings. The first-order chi connectivity index (χ1) is 37.0. The second-order valence-corrected chi connectivity index (χ2v) is 19.4. The van der Waals surface area contributed by atoms with Crippen LogP contribution in [0.4, 0.5) is 0 Å². The Morgan fingerprint density at radius 1 is 0.467 bits per heavy atom. The van der Waals surface area contributed by atoms with Crippen LogP contribution in [-0.2, 0) is 26.2 Å². The third kappa shape index (κ3) is 16.8. The van der Waals surface area contributed by atoms with Crippen LogP contribution in [0.15, 0.2) is 91.0 Å². The number of hydrogen-bond acceptors (Lipinski definition) is 17. The van der Waals surface area contributed by atoms with E-state index in [-0.39, 0.29) is 41.9 Å². The first-order valence-corrected chi connectivity index (χ1v) is 26.2. The maximum atomic E-state index is 10.3. The van der Waals surface area contributed by atoms with Gasteiger partial charge in [-0.15, -0.1) is 0 Å². The Labute approximate surface area is 443 Å². The molecule has 3 heterocycles. The Hall–Kier alpha value is -6.41. The van der Waals surface area contributed by atoms with Crippen LogP contribution < -0.4 is 61.2 Å². The monoisotopic (exact) mass is 1030 g/mol. The van der Waals surface area contributed by atoms with Gasteiger partial charge in [-0.05, 0) is 128 Å². The van der Waals surface area contributed by atoms with Crippen LogP contribution in [0, 0.1) is 6.80 Å². The number of carbonyl (C=O) groups excluding carboxylic acids is 1. The van der Waals surface area contributed by atoms with Crippen molar-refractivity contribution in [2.75, 3.05) is 20.4 Å². The molecule has 75 heavy (non-hydrogen) atoms. The summed E-state index contributed by atoms with van der Waals surface area (Å²) in [7, 11) is 1.67. The van der Waals surface area contributed by atoms with E-state index in [4.69, 9.17) is 41.3 Å². The second-order valence-electron chi connectivity index (χ2n) is 19.4. The van der Waals surface area contributed by atoms with E-state index in [1.165, 1.54) is 81.4 Å². The van der Waals surface area contributed by atoms with Gasteiger partial charge in [0.05, 0.1) is 0 Å². The Morgan fingerprint density at radius 3 is 1.12 bits per heavy atom. The molecule has 0 aromatic heterocycles. The Morgan fingerprint density at radius 2 is 0.773 bits per heavy atom. The fourth-order valence-corrected chi connectivity index (χ4v) is 9.87. The van der Waals surface area contributed by atoms with Gasteiger partial charge in [-0.3, -0.25) is 4.79 Å². The average Bonchev–Trinajstić information content (AvgIpc) is 4.24. The minimum atomic E-state index is -0.108. The number of aromatic hydroxyl groups is 4. The molecule has 0 radical (unpaired) electrons. The lowest BCUT2D eigenvalue weighted by atomic mass is 9.90. The highest BCUT2D eigenvalue weighted by atomic mass is 16.7. The molecule has 0 unspecified atom stereocenters. The molecule has 12 N–H and O–H groups in total. The number of ether oxygens (including phenoxy) is 6. The van der Waals surface area contributed by atoms with Gasteiger partial charge in [0, 0.05) is 68.0 Å². The van der Waals surface area contributed by atoms with Crippen LogP contribution in [0.2, 0.25) is 0 Å². The van der Waals surface area contributed by atoms with Crippen LogP contribution in [0.3, 0.4) is 0 Å². The predicted molar refractivity (Wildman–Crippen MR) is 290 cm³/mol. The average molecular weight is 1030 g/mol. The number of phenols is 4. The van der Waals surface area contributed by atoms with E-state index in [0.717, 1.165) is 79.2 Å². The van der Waals surface area contributed by atoms with Crippen molar-refractivity contribution >= 4 is 14.1 Å². The zero-order chi connectivity index (χ0) is 53.7. The van der Waals surface area contributed by atoms with Gasteiger partial charge >= 0.3 is 0 Å². The molecule has 3 fully saturated rings. The van der Waals surface area contributed by atoms with Crippen molar-refractivity contribution in [1.29, 1.82) is 0 Å². The molecule has 3 aliphatic heterocycles. The van der Waals surface area contributed by atoms with Gasteiger partial charge in [-0.25, -0.2) is 1.37 Å². The number of nitrogens with two attached hydrogens (primary N) is 2. The fraction of sp³-hybridized carbons (Fsp3) is 0.439. The molecule has 5 aromatic rings. The molecule has 11 rings (SSSR count). The Balaban J connectivity index is 0.000000160. The molecule has 0 saturated heterocycles. The normalized spacial score (nSPS) is 21.8. The molecule has 404 valence electrons. The first-order valence-electron chi connectivity index (χ1n) is 26.8. The highest BCUT2D eigenvalue weighted by molar-refractivity contribution is 6.10. The highest BCUT2D eigenvalue weighted by Gasteiger charge is 2.26. The van der Waals surface area contributed by atoms with E-state index in [2.05, 4.69) is 45.5 Å². The summed E-state index contributed by atoms with van der Waals surface area (Å²) in [5, 5.41) is 52.6. The lowest BCUT2D eigenvalue weighted by Crippen LogP contribution is -2.49. The number of fused-ring (bicyclic) bond motifs is 3. The molecule has 17 nitrogen and oxygen atoms in total. The summed E-state index contributed by atoms with van der Waals surface area (Å²) < 4.78 is 38.0. The lowest BCUT2D eigenvalue weighted by Gasteiger charge is -2.33. The van der Waals surface area contributed by atoms with Gasteiger partial charge in [0.15, 0.2) is 57.5 Å². The van der Waals surface area contributed by atoms with Crippen LogP contribution in [0.25, 0.3) is 0 Å². The SMILES string of the molecule is N[C@@H]1CCCC[C@H]1N.O=Cc1ccc2c(c1)OCO2.Oc1ccc(CN[C@@H]2CCCC[C@H]2NCc2ccc(O)c(O)c2)cc1O.[2H][CH-][12BH2].c1cc2c(cc1CN[C@@H]1CCCC[C@H]1NCc1ccc3c(c1)OCO3)OCO2. The van der Waals surface area contributed by atoms with Crippen LogP contribution in [0.1, 0.15) is 111 Å². The predicted octanol–water partition coefficient (Wildman–Crippen LogP) is 6.89. The van der Waals surface area contributed by atoms with Gasteiger partial charge in [0.2, 0.25) is 20.4 Å². The van der Waals surface area contributed by atoms with Gasteiger partial charge < -0.3 is 88.4 Å². The van der Waals surface area contributed by atoms with Crippen molar-refractivity contribution in [1.82, 2.24) is 21.3 Å². The number of benzene rings is 5. The van der Waals surface area contributed by atoms with Gasteiger partial charge in [0.1, 0.15) is 6.29 Å².